The topological polar surface area (TPSA) is 20.2 Å². The van der Waals surface area contributed by atoms with Crippen molar-refractivity contribution in [2.75, 3.05) is 6.61 Å². The molecule has 0 radical (unpaired) electrons. The van der Waals surface area contributed by atoms with Gasteiger partial charge in [0.15, 0.2) is 0 Å². The summed E-state index contributed by atoms with van der Waals surface area (Å²) in [5, 5.41) is 8.42. The van der Waals surface area contributed by atoms with E-state index in [0.717, 1.165) is 6.42 Å². The molecular weight excluding hydrogens is 245 g/mol. The van der Waals surface area contributed by atoms with Crippen LogP contribution in [0.15, 0.2) is 0 Å². The van der Waals surface area contributed by atoms with Gasteiger partial charge in [-0.05, 0) is 6.42 Å². The summed E-state index contributed by atoms with van der Waals surface area (Å²) in [4.78, 5) is 0. The first-order valence-electron chi connectivity index (χ1n) is 4.02. The molecule has 0 spiro atoms. The number of aliphatic hydroxyl groups excluding tert-OH is 1. The minimum absolute atomic E-state index is 0. The third-order valence-corrected chi connectivity index (χ3v) is 1.51. The first kappa shape index (κ1) is 14.5. The third kappa shape index (κ3) is 12.7. The third-order valence-electron chi connectivity index (χ3n) is 1.51. The SMILES string of the molecule is CCCCCCCCO.[CsH]. The van der Waals surface area contributed by atoms with Gasteiger partial charge in [0.05, 0.1) is 0 Å². The Labute approximate surface area is 123 Å². The summed E-state index contributed by atoms with van der Waals surface area (Å²) in [6, 6.07) is 0. The van der Waals surface area contributed by atoms with Crippen molar-refractivity contribution in [3.63, 3.8) is 0 Å². The standard InChI is InChI=1S/C8H18O.Cs.H/c1-2-3-4-5-6-7-8-9;;/h9H,2-8H2,1H3;;. The molecule has 0 aromatic rings. The minimum atomic E-state index is 0. The average Bonchev–Trinajstić information content (AvgIpc) is 1.89. The van der Waals surface area contributed by atoms with Gasteiger partial charge in [0.1, 0.15) is 0 Å². The summed E-state index contributed by atoms with van der Waals surface area (Å²) in [6.45, 7) is 2.58. The van der Waals surface area contributed by atoms with Crippen molar-refractivity contribution in [2.24, 2.45) is 0 Å². The molecule has 0 aromatic heterocycles. The molecule has 2 heteroatoms. The van der Waals surface area contributed by atoms with Crippen LogP contribution in [0.4, 0.5) is 0 Å². The van der Waals surface area contributed by atoms with Gasteiger partial charge in [-0.1, -0.05) is 39.0 Å². The fraction of sp³-hybridized carbons (Fsp3) is 1.00. The normalized spacial score (nSPS) is 9.00. The second kappa shape index (κ2) is 13.6. The van der Waals surface area contributed by atoms with Gasteiger partial charge in [-0.3, -0.25) is 0 Å². The molecule has 0 aliphatic heterocycles. The van der Waals surface area contributed by atoms with E-state index >= 15 is 0 Å². The molecule has 0 amide bonds. The van der Waals surface area contributed by atoms with Crippen LogP contribution in [0.1, 0.15) is 45.4 Å². The van der Waals surface area contributed by atoms with Crippen LogP contribution >= 0.6 is 0 Å². The number of rotatable bonds is 6. The van der Waals surface area contributed by atoms with Crippen LogP contribution in [-0.4, -0.2) is 80.6 Å². The molecule has 0 saturated carbocycles. The summed E-state index contributed by atoms with van der Waals surface area (Å²) < 4.78 is 0. The quantitative estimate of drug-likeness (QED) is 0.724. The van der Waals surface area contributed by atoms with E-state index in [9.17, 15) is 0 Å². The summed E-state index contributed by atoms with van der Waals surface area (Å²) in [5.74, 6) is 0. The van der Waals surface area contributed by atoms with Gasteiger partial charge < -0.3 is 5.11 Å². The molecule has 0 aromatic carbocycles. The molecule has 0 unspecified atom stereocenters. The van der Waals surface area contributed by atoms with E-state index < -0.39 is 0 Å². The van der Waals surface area contributed by atoms with Gasteiger partial charge in [-0.15, -0.1) is 0 Å². The van der Waals surface area contributed by atoms with Gasteiger partial charge in [-0.2, -0.15) is 0 Å². The van der Waals surface area contributed by atoms with Crippen molar-refractivity contribution in [3.05, 3.63) is 0 Å². The van der Waals surface area contributed by atoms with Gasteiger partial charge >= 0.3 is 68.9 Å². The number of unbranched alkanes of at least 4 members (excludes halogenated alkanes) is 5. The van der Waals surface area contributed by atoms with Crippen LogP contribution in [0, 0.1) is 0 Å². The molecule has 58 valence electrons. The Morgan fingerprint density at radius 2 is 1.40 bits per heavy atom. The van der Waals surface area contributed by atoms with Crippen molar-refractivity contribution in [1.29, 1.82) is 0 Å². The van der Waals surface area contributed by atoms with Crippen molar-refractivity contribution in [1.82, 2.24) is 0 Å². The van der Waals surface area contributed by atoms with E-state index in [4.69, 9.17) is 5.11 Å². The maximum atomic E-state index is 8.42. The van der Waals surface area contributed by atoms with Crippen LogP contribution < -0.4 is 0 Å². The Morgan fingerprint density at radius 3 is 1.90 bits per heavy atom. The van der Waals surface area contributed by atoms with E-state index in [1.807, 2.05) is 0 Å². The van der Waals surface area contributed by atoms with Crippen molar-refractivity contribution in [3.8, 4) is 0 Å². The summed E-state index contributed by atoms with van der Waals surface area (Å²) >= 11 is 0. The fourth-order valence-corrected chi connectivity index (χ4v) is 0.892. The zero-order chi connectivity index (χ0) is 6.95. The Balaban J connectivity index is 0. The van der Waals surface area contributed by atoms with Gasteiger partial charge in [0.25, 0.3) is 0 Å². The molecule has 0 heterocycles. The summed E-state index contributed by atoms with van der Waals surface area (Å²) in [7, 11) is 0. The van der Waals surface area contributed by atoms with E-state index in [1.165, 1.54) is 32.1 Å². The zero-order valence-electron chi connectivity index (χ0n) is 6.40. The Hall–Kier alpha value is 2.01. The molecule has 0 rings (SSSR count). The van der Waals surface area contributed by atoms with Gasteiger partial charge in [0.2, 0.25) is 0 Å². The summed E-state index contributed by atoms with van der Waals surface area (Å²) in [5.41, 5.74) is 0. The Kier molecular flexibility index (Phi) is 19.8. The summed E-state index contributed by atoms with van der Waals surface area (Å²) in [6.07, 6.45) is 7.50. The van der Waals surface area contributed by atoms with E-state index in [1.54, 1.807) is 0 Å². The Morgan fingerprint density at radius 1 is 0.900 bits per heavy atom. The van der Waals surface area contributed by atoms with Gasteiger partial charge in [-0.25, -0.2) is 0 Å². The van der Waals surface area contributed by atoms with Crippen molar-refractivity contribution in [2.45, 2.75) is 45.4 Å². The van der Waals surface area contributed by atoms with E-state index in [2.05, 4.69) is 6.92 Å². The van der Waals surface area contributed by atoms with E-state index in [-0.39, 0.29) is 68.9 Å². The Bertz CT molecular complexity index is 42.5. The number of aliphatic hydroxyl groups is 1. The molecule has 0 aliphatic carbocycles. The average molecular weight is 264 g/mol. The molecular formula is C8H19CsO. The van der Waals surface area contributed by atoms with Crippen LogP contribution in [0.25, 0.3) is 0 Å². The van der Waals surface area contributed by atoms with Gasteiger partial charge in [0, 0.05) is 6.61 Å². The molecule has 1 nitrogen and oxygen atoms in total. The van der Waals surface area contributed by atoms with Crippen LogP contribution in [0.3, 0.4) is 0 Å². The van der Waals surface area contributed by atoms with E-state index in [0.29, 0.717) is 6.61 Å². The van der Waals surface area contributed by atoms with Crippen molar-refractivity contribution < 1.29 is 5.11 Å². The first-order chi connectivity index (χ1) is 4.41. The van der Waals surface area contributed by atoms with Crippen LogP contribution in [-0.2, 0) is 0 Å². The van der Waals surface area contributed by atoms with Crippen LogP contribution in [0.5, 0.6) is 0 Å². The molecule has 0 atom stereocenters. The predicted molar refractivity (Wildman–Crippen MR) is 47.6 cm³/mol. The molecule has 10 heavy (non-hydrogen) atoms. The number of hydrogen-bond acceptors (Lipinski definition) is 1. The first-order valence-corrected chi connectivity index (χ1v) is 4.02. The number of hydrogen-bond donors (Lipinski definition) is 1. The molecule has 1 N–H and O–H groups in total. The molecule has 0 bridgehead atoms. The molecule has 0 aliphatic rings. The van der Waals surface area contributed by atoms with Crippen molar-refractivity contribution >= 4 is 68.9 Å². The maximum absolute atomic E-state index is 8.42. The predicted octanol–water partition coefficient (Wildman–Crippen LogP) is 1.69. The molecule has 0 fully saturated rings. The zero-order valence-corrected chi connectivity index (χ0v) is 6.40. The second-order valence-electron chi connectivity index (χ2n) is 2.49. The molecule has 0 saturated heterocycles. The van der Waals surface area contributed by atoms with Crippen LogP contribution in [0.2, 0.25) is 0 Å². The second-order valence-corrected chi connectivity index (χ2v) is 2.49. The monoisotopic (exact) mass is 264 g/mol. The fourth-order valence-electron chi connectivity index (χ4n) is 0.892.